The second-order valence-corrected chi connectivity index (χ2v) is 7.24. The number of rotatable bonds is 7. The Bertz CT molecular complexity index is 921. The van der Waals surface area contributed by atoms with Crippen molar-refractivity contribution in [1.82, 2.24) is 10.2 Å². The highest BCUT2D eigenvalue weighted by Crippen LogP contribution is 2.37. The third-order valence-corrected chi connectivity index (χ3v) is 4.98. The first-order chi connectivity index (χ1) is 13.6. The van der Waals surface area contributed by atoms with Crippen LogP contribution in [0, 0.1) is 10.1 Å². The fraction of sp³-hybridized carbons (Fsp3) is 0.286. The third-order valence-electron chi connectivity index (χ3n) is 3.01. The summed E-state index contributed by atoms with van der Waals surface area (Å²) < 4.78 is 44.3. The molecule has 0 atom stereocenters. The number of non-ortho nitro benzene ring substituents is 1. The largest absolute Gasteiger partial charge is 0.450 e. The molecule has 2 aromatic rings. The standard InChI is InChI=1S/C14H12F3N5O5S2/c1-2-27-12(24)19-11-20-21-13(29-11)28-6-10(23)18-9-4-3-7(22(25)26)5-8(9)14(15,16)17/h3-5H,2,6H2,1H3,(H,18,23)(H,19,20,24). The van der Waals surface area contributed by atoms with Gasteiger partial charge in [-0.05, 0) is 13.0 Å². The number of benzene rings is 1. The van der Waals surface area contributed by atoms with Gasteiger partial charge < -0.3 is 10.1 Å². The van der Waals surface area contributed by atoms with E-state index in [1.807, 2.05) is 0 Å². The Morgan fingerprint density at radius 3 is 2.66 bits per heavy atom. The smallest absolute Gasteiger partial charge is 0.418 e. The van der Waals surface area contributed by atoms with Gasteiger partial charge in [0, 0.05) is 12.1 Å². The van der Waals surface area contributed by atoms with Crippen LogP contribution in [-0.4, -0.2) is 39.5 Å². The molecule has 0 saturated heterocycles. The Balaban J connectivity index is 2.00. The van der Waals surface area contributed by atoms with Crippen LogP contribution in [0.4, 0.5) is 34.5 Å². The number of halogens is 3. The molecule has 0 aliphatic rings. The number of anilines is 2. The van der Waals surface area contributed by atoms with Crippen LogP contribution in [0.15, 0.2) is 22.5 Å². The molecule has 1 aromatic heterocycles. The van der Waals surface area contributed by atoms with Gasteiger partial charge in [-0.1, -0.05) is 23.1 Å². The summed E-state index contributed by atoms with van der Waals surface area (Å²) in [7, 11) is 0. The first-order valence-electron chi connectivity index (χ1n) is 7.65. The van der Waals surface area contributed by atoms with E-state index in [1.54, 1.807) is 6.92 Å². The van der Waals surface area contributed by atoms with E-state index in [2.05, 4.69) is 25.6 Å². The van der Waals surface area contributed by atoms with Crippen molar-refractivity contribution in [2.24, 2.45) is 0 Å². The summed E-state index contributed by atoms with van der Waals surface area (Å²) in [6, 6.07) is 2.02. The number of nitrogens with one attached hydrogen (secondary N) is 2. The fourth-order valence-corrected chi connectivity index (χ4v) is 3.41. The van der Waals surface area contributed by atoms with E-state index in [-0.39, 0.29) is 21.8 Å². The van der Waals surface area contributed by atoms with Crippen LogP contribution in [0.1, 0.15) is 12.5 Å². The minimum Gasteiger partial charge on any atom is -0.450 e. The van der Waals surface area contributed by atoms with Gasteiger partial charge in [-0.2, -0.15) is 13.2 Å². The lowest BCUT2D eigenvalue weighted by atomic mass is 10.1. The van der Waals surface area contributed by atoms with Gasteiger partial charge in [0.2, 0.25) is 11.0 Å². The fourth-order valence-electron chi connectivity index (χ4n) is 1.88. The van der Waals surface area contributed by atoms with Crippen molar-refractivity contribution >= 4 is 51.6 Å². The van der Waals surface area contributed by atoms with Crippen LogP contribution in [-0.2, 0) is 15.7 Å². The number of ether oxygens (including phenoxy) is 1. The predicted molar refractivity (Wildman–Crippen MR) is 98.0 cm³/mol. The lowest BCUT2D eigenvalue weighted by Gasteiger charge is -2.13. The zero-order valence-electron chi connectivity index (χ0n) is 14.5. The summed E-state index contributed by atoms with van der Waals surface area (Å²) in [6.45, 7) is 1.78. The minimum atomic E-state index is -4.89. The molecule has 0 saturated carbocycles. The summed E-state index contributed by atoms with van der Waals surface area (Å²) >= 11 is 1.82. The molecule has 0 aliphatic carbocycles. The Morgan fingerprint density at radius 2 is 2.03 bits per heavy atom. The highest BCUT2D eigenvalue weighted by atomic mass is 32.2. The summed E-state index contributed by atoms with van der Waals surface area (Å²) in [5.74, 6) is -1.09. The molecule has 2 amide bonds. The van der Waals surface area contributed by atoms with Gasteiger partial charge in [0.15, 0.2) is 4.34 Å². The number of nitrogens with zero attached hydrogens (tertiary/aromatic N) is 3. The van der Waals surface area contributed by atoms with Crippen LogP contribution in [0.3, 0.4) is 0 Å². The van der Waals surface area contributed by atoms with Crippen molar-refractivity contribution in [3.05, 3.63) is 33.9 Å². The molecule has 29 heavy (non-hydrogen) atoms. The number of amides is 2. The molecule has 15 heteroatoms. The van der Waals surface area contributed by atoms with E-state index in [1.165, 1.54) is 0 Å². The summed E-state index contributed by atoms with van der Waals surface area (Å²) in [5.41, 5.74) is -2.68. The normalized spacial score (nSPS) is 11.0. The van der Waals surface area contributed by atoms with Gasteiger partial charge in [-0.25, -0.2) is 4.79 Å². The molecule has 0 radical (unpaired) electrons. The number of nitro benzene ring substituents is 1. The molecule has 0 aliphatic heterocycles. The van der Waals surface area contributed by atoms with Crippen molar-refractivity contribution in [2.75, 3.05) is 23.0 Å². The molecular formula is C14H12F3N5O5S2. The van der Waals surface area contributed by atoms with E-state index in [4.69, 9.17) is 0 Å². The van der Waals surface area contributed by atoms with Crippen molar-refractivity contribution in [3.63, 3.8) is 0 Å². The molecule has 156 valence electrons. The third kappa shape index (κ3) is 6.56. The van der Waals surface area contributed by atoms with E-state index in [9.17, 15) is 32.9 Å². The maximum Gasteiger partial charge on any atom is 0.418 e. The highest BCUT2D eigenvalue weighted by molar-refractivity contribution is 8.01. The Hall–Kier alpha value is -2.94. The number of aromatic nitrogens is 2. The Labute approximate surface area is 169 Å². The minimum absolute atomic E-state index is 0.126. The van der Waals surface area contributed by atoms with Crippen LogP contribution in [0.25, 0.3) is 0 Å². The number of carbonyl (C=O) groups is 2. The molecule has 0 unspecified atom stereocenters. The van der Waals surface area contributed by atoms with E-state index >= 15 is 0 Å². The highest BCUT2D eigenvalue weighted by Gasteiger charge is 2.35. The topological polar surface area (TPSA) is 136 Å². The van der Waals surface area contributed by atoms with Gasteiger partial charge in [0.05, 0.1) is 28.5 Å². The average Bonchev–Trinajstić information content (AvgIpc) is 3.06. The first-order valence-corrected chi connectivity index (χ1v) is 9.46. The maximum atomic E-state index is 13.1. The summed E-state index contributed by atoms with van der Waals surface area (Å²) in [5, 5.41) is 22.6. The SMILES string of the molecule is CCOC(=O)Nc1nnc(SCC(=O)Nc2ccc([N+](=O)[O-])cc2C(F)(F)F)s1. The van der Waals surface area contributed by atoms with Crippen LogP contribution in [0.2, 0.25) is 0 Å². The predicted octanol–water partition coefficient (Wildman–Crippen LogP) is 3.76. The molecule has 1 aromatic carbocycles. The summed E-state index contributed by atoms with van der Waals surface area (Å²) in [6.07, 6.45) is -5.62. The van der Waals surface area contributed by atoms with Crippen LogP contribution >= 0.6 is 23.1 Å². The van der Waals surface area contributed by atoms with E-state index in [0.29, 0.717) is 6.07 Å². The van der Waals surface area contributed by atoms with Crippen LogP contribution < -0.4 is 10.6 Å². The number of nitro groups is 1. The summed E-state index contributed by atoms with van der Waals surface area (Å²) in [4.78, 5) is 33.0. The Kier molecular flexibility index (Phi) is 7.33. The van der Waals surface area contributed by atoms with E-state index < -0.39 is 40.0 Å². The lowest BCUT2D eigenvalue weighted by molar-refractivity contribution is -0.385. The molecule has 2 rings (SSSR count). The molecule has 0 bridgehead atoms. The lowest BCUT2D eigenvalue weighted by Crippen LogP contribution is -2.18. The molecular weight excluding hydrogens is 439 g/mol. The molecule has 0 spiro atoms. The zero-order chi connectivity index (χ0) is 21.6. The van der Waals surface area contributed by atoms with Crippen LogP contribution in [0.5, 0.6) is 0 Å². The van der Waals surface area contributed by atoms with Gasteiger partial charge >= 0.3 is 12.3 Å². The first kappa shape index (κ1) is 22.4. The second kappa shape index (κ2) is 9.51. The molecule has 0 fully saturated rings. The van der Waals surface area contributed by atoms with Gasteiger partial charge in [0.25, 0.3) is 5.69 Å². The average molecular weight is 451 g/mol. The van der Waals surface area contributed by atoms with Gasteiger partial charge in [-0.15, -0.1) is 10.2 Å². The molecule has 10 nitrogen and oxygen atoms in total. The quantitative estimate of drug-likeness (QED) is 0.281. The monoisotopic (exact) mass is 451 g/mol. The number of alkyl halides is 3. The van der Waals surface area contributed by atoms with Crippen molar-refractivity contribution in [2.45, 2.75) is 17.4 Å². The molecule has 2 N–H and O–H groups in total. The maximum absolute atomic E-state index is 13.1. The Morgan fingerprint density at radius 1 is 1.31 bits per heavy atom. The number of thioether (sulfide) groups is 1. The number of hydrogen-bond acceptors (Lipinski definition) is 9. The van der Waals surface area contributed by atoms with Crippen molar-refractivity contribution < 1.29 is 32.4 Å². The van der Waals surface area contributed by atoms with Gasteiger partial charge in [0.1, 0.15) is 0 Å². The van der Waals surface area contributed by atoms with Crippen molar-refractivity contribution in [1.29, 1.82) is 0 Å². The van der Waals surface area contributed by atoms with Crippen molar-refractivity contribution in [3.8, 4) is 0 Å². The number of hydrogen-bond donors (Lipinski definition) is 2. The zero-order valence-corrected chi connectivity index (χ0v) is 16.1. The van der Waals surface area contributed by atoms with Gasteiger partial charge in [-0.3, -0.25) is 20.2 Å². The number of carbonyl (C=O) groups excluding carboxylic acids is 2. The molecule has 1 heterocycles. The second-order valence-electron chi connectivity index (χ2n) is 5.04. The van der Waals surface area contributed by atoms with E-state index in [0.717, 1.165) is 35.2 Å².